The smallest absolute Gasteiger partial charge is 0.123 e. The number of hydrogen-bond donors (Lipinski definition) is 2. The van der Waals surface area contributed by atoms with Gasteiger partial charge >= 0.3 is 0 Å². The monoisotopic (exact) mass is 280 g/mol. The molecule has 0 radical (unpaired) electrons. The molecule has 0 amide bonds. The van der Waals surface area contributed by atoms with E-state index in [-0.39, 0.29) is 0 Å². The first kappa shape index (κ1) is 17.0. The van der Waals surface area contributed by atoms with Gasteiger partial charge in [-0.1, -0.05) is 38.8 Å². The molecule has 0 saturated heterocycles. The lowest BCUT2D eigenvalue weighted by Crippen LogP contribution is -2.21. The van der Waals surface area contributed by atoms with E-state index in [0.29, 0.717) is 18.4 Å². The Morgan fingerprint density at radius 1 is 1.50 bits per heavy atom. The molecule has 20 heavy (non-hydrogen) atoms. The molecular formula is C17H29FN2. The summed E-state index contributed by atoms with van der Waals surface area (Å²) >= 11 is 0. The van der Waals surface area contributed by atoms with Crippen LogP contribution in [0, 0.1) is 11.8 Å². The predicted molar refractivity (Wildman–Crippen MR) is 85.1 cm³/mol. The van der Waals surface area contributed by atoms with Crippen LogP contribution in [0.25, 0.3) is 0 Å². The van der Waals surface area contributed by atoms with E-state index in [9.17, 15) is 4.39 Å². The Labute approximate surface area is 123 Å². The number of allylic oxidation sites excluding steroid dienone is 3. The van der Waals surface area contributed by atoms with Gasteiger partial charge in [-0.25, -0.2) is 4.39 Å². The van der Waals surface area contributed by atoms with E-state index >= 15 is 0 Å². The summed E-state index contributed by atoms with van der Waals surface area (Å²) < 4.78 is 13.9. The van der Waals surface area contributed by atoms with Crippen molar-refractivity contribution in [2.75, 3.05) is 13.6 Å². The maximum Gasteiger partial charge on any atom is 0.123 e. The molecular weight excluding hydrogens is 251 g/mol. The lowest BCUT2D eigenvalue weighted by molar-refractivity contribution is 0.395. The van der Waals surface area contributed by atoms with Crippen molar-refractivity contribution in [3.63, 3.8) is 0 Å². The molecule has 2 nitrogen and oxygen atoms in total. The second-order valence-corrected chi connectivity index (χ2v) is 5.65. The van der Waals surface area contributed by atoms with Gasteiger partial charge in [0, 0.05) is 19.8 Å². The molecule has 0 aliphatic heterocycles. The van der Waals surface area contributed by atoms with Crippen LogP contribution < -0.4 is 11.1 Å². The third-order valence-electron chi connectivity index (χ3n) is 4.01. The number of halogens is 1. The van der Waals surface area contributed by atoms with Crippen LogP contribution in [0.15, 0.2) is 35.1 Å². The van der Waals surface area contributed by atoms with E-state index in [1.54, 1.807) is 6.92 Å². The van der Waals surface area contributed by atoms with Gasteiger partial charge in [-0.2, -0.15) is 0 Å². The van der Waals surface area contributed by atoms with Crippen LogP contribution >= 0.6 is 0 Å². The summed E-state index contributed by atoms with van der Waals surface area (Å²) in [4.78, 5) is 0. The van der Waals surface area contributed by atoms with Crippen LogP contribution in [0.4, 0.5) is 4.39 Å². The van der Waals surface area contributed by atoms with Gasteiger partial charge in [-0.3, -0.25) is 0 Å². The Balaban J connectivity index is 3.09. The quantitative estimate of drug-likeness (QED) is 0.746. The van der Waals surface area contributed by atoms with Crippen molar-refractivity contribution in [3.05, 3.63) is 35.1 Å². The molecule has 3 unspecified atom stereocenters. The van der Waals surface area contributed by atoms with Crippen molar-refractivity contribution in [1.29, 1.82) is 0 Å². The Kier molecular flexibility index (Phi) is 7.00. The zero-order chi connectivity index (χ0) is 15.1. The number of nitrogens with two attached hydrogens (primary N) is 1. The maximum atomic E-state index is 13.9. The number of nitrogens with one attached hydrogen (secondary N) is 1. The minimum Gasteiger partial charge on any atom is -0.394 e. The van der Waals surface area contributed by atoms with E-state index in [0.717, 1.165) is 23.1 Å². The molecule has 3 N–H and O–H groups in total. The summed E-state index contributed by atoms with van der Waals surface area (Å²) in [5.74, 6) is 0.881. The van der Waals surface area contributed by atoms with Crippen molar-refractivity contribution in [2.45, 2.75) is 46.2 Å². The first-order valence-corrected chi connectivity index (χ1v) is 7.69. The van der Waals surface area contributed by atoms with Crippen LogP contribution in [0.2, 0.25) is 0 Å². The fraction of sp³-hybridized carbons (Fsp3) is 0.647. The SMILES string of the molecule is CCCCC1C=C(/C(=C/NC)CN)C(C(C)F)=CC1C. The molecule has 0 fully saturated rings. The fourth-order valence-corrected chi connectivity index (χ4v) is 2.80. The number of hydrogen-bond acceptors (Lipinski definition) is 2. The molecule has 0 saturated carbocycles. The van der Waals surface area contributed by atoms with Crippen LogP contribution in [0.5, 0.6) is 0 Å². The Hall–Kier alpha value is -1.09. The van der Waals surface area contributed by atoms with E-state index in [2.05, 4.69) is 31.3 Å². The number of alkyl halides is 1. The average Bonchev–Trinajstić information content (AvgIpc) is 2.43. The minimum absolute atomic E-state index is 0.395. The second-order valence-electron chi connectivity index (χ2n) is 5.65. The van der Waals surface area contributed by atoms with Crippen molar-refractivity contribution in [1.82, 2.24) is 5.32 Å². The van der Waals surface area contributed by atoms with Crippen LogP contribution in [0.3, 0.4) is 0 Å². The van der Waals surface area contributed by atoms with Crippen LogP contribution in [-0.2, 0) is 0 Å². The van der Waals surface area contributed by atoms with Gasteiger partial charge in [-0.15, -0.1) is 0 Å². The molecule has 3 heteroatoms. The normalized spacial score (nSPS) is 25.0. The highest BCUT2D eigenvalue weighted by molar-refractivity contribution is 5.51. The predicted octanol–water partition coefficient (Wildman–Crippen LogP) is 3.72. The Morgan fingerprint density at radius 3 is 2.70 bits per heavy atom. The molecule has 0 bridgehead atoms. The third-order valence-corrected chi connectivity index (χ3v) is 4.01. The maximum absolute atomic E-state index is 13.9. The fourth-order valence-electron chi connectivity index (χ4n) is 2.80. The zero-order valence-corrected chi connectivity index (χ0v) is 13.2. The van der Waals surface area contributed by atoms with E-state index in [1.165, 1.54) is 12.8 Å². The molecule has 3 atom stereocenters. The van der Waals surface area contributed by atoms with Gasteiger partial charge in [0.1, 0.15) is 6.17 Å². The molecule has 0 spiro atoms. The van der Waals surface area contributed by atoms with Gasteiger partial charge < -0.3 is 11.1 Å². The van der Waals surface area contributed by atoms with Gasteiger partial charge in [0.25, 0.3) is 0 Å². The minimum atomic E-state index is -0.956. The summed E-state index contributed by atoms with van der Waals surface area (Å²) in [5.41, 5.74) is 8.60. The summed E-state index contributed by atoms with van der Waals surface area (Å²) in [5, 5.41) is 3.01. The molecule has 0 aromatic carbocycles. The van der Waals surface area contributed by atoms with Crippen molar-refractivity contribution in [2.24, 2.45) is 17.6 Å². The summed E-state index contributed by atoms with van der Waals surface area (Å²) in [6.45, 7) is 6.41. The van der Waals surface area contributed by atoms with Crippen molar-refractivity contribution >= 4 is 0 Å². The van der Waals surface area contributed by atoms with Gasteiger partial charge in [0.05, 0.1) is 0 Å². The number of unbranched alkanes of at least 4 members (excludes halogenated alkanes) is 1. The average molecular weight is 280 g/mol. The molecule has 0 aromatic rings. The van der Waals surface area contributed by atoms with Crippen molar-refractivity contribution < 1.29 is 4.39 Å². The molecule has 1 rings (SSSR count). The topological polar surface area (TPSA) is 38.0 Å². The zero-order valence-electron chi connectivity index (χ0n) is 13.2. The first-order valence-electron chi connectivity index (χ1n) is 7.69. The summed E-state index contributed by atoms with van der Waals surface area (Å²) in [6, 6.07) is 0. The van der Waals surface area contributed by atoms with E-state index < -0.39 is 6.17 Å². The van der Waals surface area contributed by atoms with Crippen LogP contribution in [-0.4, -0.2) is 19.8 Å². The van der Waals surface area contributed by atoms with E-state index in [1.807, 2.05) is 13.2 Å². The standard InChI is InChI=1S/C17H29FN2/c1-5-6-7-14-9-17(15(10-19)11-20-4)16(13(3)18)8-12(14)2/h8-9,11-14,20H,5-7,10,19H2,1-4H3/b15-11+. The highest BCUT2D eigenvalue weighted by atomic mass is 19.1. The molecule has 0 heterocycles. The lowest BCUT2D eigenvalue weighted by Gasteiger charge is -2.29. The van der Waals surface area contributed by atoms with E-state index in [4.69, 9.17) is 5.73 Å². The molecule has 1 aliphatic rings. The summed E-state index contributed by atoms with van der Waals surface area (Å²) in [7, 11) is 1.85. The molecule has 0 aromatic heterocycles. The van der Waals surface area contributed by atoms with Gasteiger partial charge in [-0.05, 0) is 41.9 Å². The van der Waals surface area contributed by atoms with Crippen LogP contribution in [0.1, 0.15) is 40.0 Å². The Morgan fingerprint density at radius 2 is 2.20 bits per heavy atom. The number of rotatable bonds is 7. The summed E-state index contributed by atoms with van der Waals surface area (Å²) in [6.07, 6.45) is 8.82. The second kappa shape index (κ2) is 8.25. The Bertz CT molecular complexity index is 394. The highest BCUT2D eigenvalue weighted by Crippen LogP contribution is 2.36. The van der Waals surface area contributed by atoms with Gasteiger partial charge in [0.2, 0.25) is 0 Å². The molecule has 114 valence electrons. The highest BCUT2D eigenvalue weighted by Gasteiger charge is 2.25. The van der Waals surface area contributed by atoms with Gasteiger partial charge in [0.15, 0.2) is 0 Å². The third kappa shape index (κ3) is 4.20. The molecule has 1 aliphatic carbocycles. The van der Waals surface area contributed by atoms with Crippen molar-refractivity contribution in [3.8, 4) is 0 Å². The first-order chi connectivity index (χ1) is 9.54. The largest absolute Gasteiger partial charge is 0.394 e. The lowest BCUT2D eigenvalue weighted by atomic mass is 9.77.